The SMILES string of the molecule is CC1CN(C(=O)c2cc(Cl)ccc2Br)CCC1N. The Morgan fingerprint density at radius 2 is 2.28 bits per heavy atom. The highest BCUT2D eigenvalue weighted by Gasteiger charge is 2.27. The molecule has 1 aromatic carbocycles. The number of nitrogens with two attached hydrogens (primary N) is 1. The van der Waals surface area contributed by atoms with E-state index in [0.717, 1.165) is 10.9 Å². The zero-order chi connectivity index (χ0) is 13.3. The summed E-state index contributed by atoms with van der Waals surface area (Å²) in [7, 11) is 0. The lowest BCUT2D eigenvalue weighted by atomic mass is 9.94. The average molecular weight is 332 g/mol. The third-order valence-corrected chi connectivity index (χ3v) is 4.34. The largest absolute Gasteiger partial charge is 0.338 e. The summed E-state index contributed by atoms with van der Waals surface area (Å²) in [6.07, 6.45) is 0.852. The van der Waals surface area contributed by atoms with Crippen LogP contribution in [-0.4, -0.2) is 29.9 Å². The number of piperidine rings is 1. The molecule has 98 valence electrons. The highest BCUT2D eigenvalue weighted by molar-refractivity contribution is 9.10. The number of hydrogen-bond donors (Lipinski definition) is 1. The number of carbonyl (C=O) groups is 1. The van der Waals surface area contributed by atoms with Crippen molar-refractivity contribution in [3.05, 3.63) is 33.3 Å². The summed E-state index contributed by atoms with van der Waals surface area (Å²) >= 11 is 9.33. The van der Waals surface area contributed by atoms with Crippen molar-refractivity contribution in [3.63, 3.8) is 0 Å². The van der Waals surface area contributed by atoms with Crippen LogP contribution in [0.5, 0.6) is 0 Å². The maximum absolute atomic E-state index is 12.4. The monoisotopic (exact) mass is 330 g/mol. The normalized spacial score (nSPS) is 24.1. The molecule has 0 aromatic heterocycles. The van der Waals surface area contributed by atoms with E-state index in [1.807, 2.05) is 4.90 Å². The highest BCUT2D eigenvalue weighted by Crippen LogP contribution is 2.24. The molecule has 2 atom stereocenters. The Morgan fingerprint density at radius 1 is 1.56 bits per heavy atom. The molecule has 1 aliphatic rings. The van der Waals surface area contributed by atoms with Crippen LogP contribution >= 0.6 is 27.5 Å². The molecule has 1 aliphatic heterocycles. The van der Waals surface area contributed by atoms with Gasteiger partial charge in [-0.3, -0.25) is 4.79 Å². The van der Waals surface area contributed by atoms with E-state index in [4.69, 9.17) is 17.3 Å². The molecule has 18 heavy (non-hydrogen) atoms. The first-order chi connectivity index (χ1) is 8.49. The van der Waals surface area contributed by atoms with Gasteiger partial charge in [-0.15, -0.1) is 0 Å². The standard InChI is InChI=1S/C13H16BrClN2O/c1-8-7-17(5-4-12(8)16)13(18)10-6-9(15)2-3-11(10)14/h2-3,6,8,12H,4-5,7,16H2,1H3. The zero-order valence-electron chi connectivity index (χ0n) is 10.2. The topological polar surface area (TPSA) is 46.3 Å². The first kappa shape index (κ1) is 13.8. The molecule has 2 unspecified atom stereocenters. The van der Waals surface area contributed by atoms with Crippen molar-refractivity contribution in [1.29, 1.82) is 0 Å². The fourth-order valence-corrected chi connectivity index (χ4v) is 2.77. The lowest BCUT2D eigenvalue weighted by Crippen LogP contribution is -2.48. The average Bonchev–Trinajstić information content (AvgIpc) is 2.35. The van der Waals surface area contributed by atoms with Crippen molar-refractivity contribution >= 4 is 33.4 Å². The fraction of sp³-hybridized carbons (Fsp3) is 0.462. The molecular weight excluding hydrogens is 316 g/mol. The molecule has 1 amide bonds. The predicted molar refractivity (Wildman–Crippen MR) is 76.8 cm³/mol. The van der Waals surface area contributed by atoms with E-state index in [1.165, 1.54) is 0 Å². The number of carbonyl (C=O) groups excluding carboxylic acids is 1. The van der Waals surface area contributed by atoms with Crippen LogP contribution in [0.2, 0.25) is 5.02 Å². The first-order valence-electron chi connectivity index (χ1n) is 5.99. The third-order valence-electron chi connectivity index (χ3n) is 3.42. The summed E-state index contributed by atoms with van der Waals surface area (Å²) in [4.78, 5) is 14.3. The van der Waals surface area contributed by atoms with Crippen molar-refractivity contribution in [2.45, 2.75) is 19.4 Å². The minimum absolute atomic E-state index is 0.0168. The van der Waals surface area contributed by atoms with Crippen molar-refractivity contribution in [3.8, 4) is 0 Å². The quantitative estimate of drug-likeness (QED) is 0.860. The summed E-state index contributed by atoms with van der Waals surface area (Å²) in [5.41, 5.74) is 6.58. The molecule has 1 aromatic rings. The van der Waals surface area contributed by atoms with Crippen LogP contribution in [-0.2, 0) is 0 Å². The zero-order valence-corrected chi connectivity index (χ0v) is 12.5. The Morgan fingerprint density at radius 3 is 2.94 bits per heavy atom. The second kappa shape index (κ2) is 5.59. The molecule has 0 radical (unpaired) electrons. The molecule has 0 saturated carbocycles. The highest BCUT2D eigenvalue weighted by atomic mass is 79.9. The van der Waals surface area contributed by atoms with Gasteiger partial charge >= 0.3 is 0 Å². The third kappa shape index (κ3) is 2.87. The maximum atomic E-state index is 12.4. The Kier molecular flexibility index (Phi) is 4.30. The van der Waals surface area contributed by atoms with Gasteiger partial charge in [0.1, 0.15) is 0 Å². The van der Waals surface area contributed by atoms with Gasteiger partial charge in [-0.25, -0.2) is 0 Å². The van der Waals surface area contributed by atoms with Crippen LogP contribution in [0.3, 0.4) is 0 Å². The summed E-state index contributed by atoms with van der Waals surface area (Å²) in [6, 6.07) is 5.45. The van der Waals surface area contributed by atoms with Crippen molar-refractivity contribution in [1.82, 2.24) is 4.90 Å². The summed E-state index contributed by atoms with van der Waals surface area (Å²) in [5.74, 6) is 0.351. The summed E-state index contributed by atoms with van der Waals surface area (Å²) in [6.45, 7) is 3.50. The molecule has 2 rings (SSSR count). The fourth-order valence-electron chi connectivity index (χ4n) is 2.18. The van der Waals surface area contributed by atoms with Crippen LogP contribution in [0.4, 0.5) is 0 Å². The van der Waals surface area contributed by atoms with Crippen LogP contribution in [0.15, 0.2) is 22.7 Å². The minimum Gasteiger partial charge on any atom is -0.338 e. The summed E-state index contributed by atoms with van der Waals surface area (Å²) < 4.78 is 0.777. The van der Waals surface area contributed by atoms with Gasteiger partial charge in [-0.2, -0.15) is 0 Å². The minimum atomic E-state index is 0.0168. The molecule has 0 bridgehead atoms. The summed E-state index contributed by atoms with van der Waals surface area (Å²) in [5, 5.41) is 0.573. The van der Waals surface area contributed by atoms with Crippen molar-refractivity contribution < 1.29 is 4.79 Å². The van der Waals surface area contributed by atoms with Gasteiger partial charge in [0.15, 0.2) is 0 Å². The van der Waals surface area contributed by atoms with Crippen LogP contribution in [0.1, 0.15) is 23.7 Å². The van der Waals surface area contributed by atoms with Gasteiger partial charge in [-0.1, -0.05) is 18.5 Å². The number of halogens is 2. The number of rotatable bonds is 1. The molecule has 0 spiro atoms. The first-order valence-corrected chi connectivity index (χ1v) is 7.16. The maximum Gasteiger partial charge on any atom is 0.255 e. The smallest absolute Gasteiger partial charge is 0.255 e. The predicted octanol–water partition coefficient (Wildman–Crippen LogP) is 2.91. The molecule has 0 aliphatic carbocycles. The molecule has 3 nitrogen and oxygen atoms in total. The van der Waals surface area contributed by atoms with Crippen molar-refractivity contribution in [2.75, 3.05) is 13.1 Å². The van der Waals surface area contributed by atoms with Gasteiger partial charge in [-0.05, 0) is 46.5 Å². The number of likely N-dealkylation sites (tertiary alicyclic amines) is 1. The van der Waals surface area contributed by atoms with Crippen LogP contribution < -0.4 is 5.73 Å². The number of nitrogens with zero attached hydrogens (tertiary/aromatic N) is 1. The van der Waals surface area contributed by atoms with Gasteiger partial charge in [0.2, 0.25) is 0 Å². The van der Waals surface area contributed by atoms with E-state index in [-0.39, 0.29) is 11.9 Å². The Hall–Kier alpha value is -0.580. The molecular formula is C13H16BrClN2O. The lowest BCUT2D eigenvalue weighted by molar-refractivity contribution is 0.0663. The molecule has 1 heterocycles. The number of amides is 1. The second-order valence-electron chi connectivity index (χ2n) is 4.81. The Balaban J connectivity index is 2.19. The van der Waals surface area contributed by atoms with Crippen LogP contribution in [0.25, 0.3) is 0 Å². The van der Waals surface area contributed by atoms with Crippen molar-refractivity contribution in [2.24, 2.45) is 11.7 Å². The Labute approximate surface area is 120 Å². The van der Waals surface area contributed by atoms with Gasteiger partial charge in [0.05, 0.1) is 5.56 Å². The second-order valence-corrected chi connectivity index (χ2v) is 6.10. The lowest BCUT2D eigenvalue weighted by Gasteiger charge is -2.35. The van der Waals surface area contributed by atoms with Gasteiger partial charge < -0.3 is 10.6 Å². The molecule has 5 heteroatoms. The molecule has 1 fully saturated rings. The van der Waals surface area contributed by atoms with E-state index < -0.39 is 0 Å². The van der Waals surface area contributed by atoms with Gasteiger partial charge in [0, 0.05) is 28.6 Å². The molecule has 1 saturated heterocycles. The van der Waals surface area contributed by atoms with E-state index in [0.29, 0.717) is 29.6 Å². The Bertz CT molecular complexity index is 466. The van der Waals surface area contributed by atoms with Gasteiger partial charge in [0.25, 0.3) is 5.91 Å². The van der Waals surface area contributed by atoms with E-state index in [1.54, 1.807) is 18.2 Å². The number of hydrogen-bond acceptors (Lipinski definition) is 2. The van der Waals surface area contributed by atoms with E-state index >= 15 is 0 Å². The van der Waals surface area contributed by atoms with E-state index in [2.05, 4.69) is 22.9 Å². The number of benzene rings is 1. The van der Waals surface area contributed by atoms with Crippen LogP contribution in [0, 0.1) is 5.92 Å². The molecule has 2 N–H and O–H groups in total. The van der Waals surface area contributed by atoms with E-state index in [9.17, 15) is 4.79 Å².